The van der Waals surface area contributed by atoms with Crippen LogP contribution >= 0.6 is 0 Å². The average molecular weight is 442 g/mol. The number of benzene rings is 3. The molecule has 33 heavy (non-hydrogen) atoms. The number of nitrogens with zero attached hydrogens (tertiary/aromatic N) is 2. The number of phenolic OH excluding ortho intramolecular Hbond substituents is 1. The number of aromatic nitrogens is 2. The van der Waals surface area contributed by atoms with Crippen molar-refractivity contribution < 1.29 is 14.3 Å². The number of carbonyl (C=O) groups excluding carboxylic acids is 1. The van der Waals surface area contributed by atoms with Crippen LogP contribution in [0.5, 0.6) is 5.75 Å². The molecule has 166 valence electrons. The van der Waals surface area contributed by atoms with E-state index in [-0.39, 0.29) is 17.5 Å². The van der Waals surface area contributed by atoms with Crippen LogP contribution in [0, 0.1) is 26.6 Å². The molecular formula is C27H24FN3O2. The minimum Gasteiger partial charge on any atom is -0.507 e. The van der Waals surface area contributed by atoms with Gasteiger partial charge in [0.05, 0.1) is 6.04 Å². The highest BCUT2D eigenvalue weighted by Crippen LogP contribution is 2.45. The molecule has 5 rings (SSSR count). The summed E-state index contributed by atoms with van der Waals surface area (Å²) in [6.45, 7) is 6.20. The number of H-pyrrole nitrogens is 1. The first-order valence-corrected chi connectivity index (χ1v) is 10.8. The molecule has 0 aliphatic carbocycles. The molecule has 6 heteroatoms. The molecule has 0 fully saturated rings. The number of aryl methyl sites for hydroxylation is 3. The summed E-state index contributed by atoms with van der Waals surface area (Å²) in [4.78, 5) is 15.3. The average Bonchev–Trinajstić information content (AvgIpc) is 3.32. The molecule has 3 aromatic carbocycles. The van der Waals surface area contributed by atoms with Crippen molar-refractivity contribution in [2.45, 2.75) is 33.4 Å². The Hall–Kier alpha value is -3.93. The van der Waals surface area contributed by atoms with Crippen LogP contribution in [0.2, 0.25) is 0 Å². The Labute approximate surface area is 191 Å². The predicted molar refractivity (Wildman–Crippen MR) is 124 cm³/mol. The van der Waals surface area contributed by atoms with Gasteiger partial charge in [-0.1, -0.05) is 48.0 Å². The van der Waals surface area contributed by atoms with Crippen molar-refractivity contribution >= 4 is 5.91 Å². The number of hydrogen-bond donors (Lipinski definition) is 2. The zero-order valence-corrected chi connectivity index (χ0v) is 18.7. The van der Waals surface area contributed by atoms with Crippen molar-refractivity contribution in [1.29, 1.82) is 0 Å². The number of rotatable bonds is 4. The topological polar surface area (TPSA) is 69.2 Å². The number of carbonyl (C=O) groups is 1. The first kappa shape index (κ1) is 20.9. The van der Waals surface area contributed by atoms with E-state index in [0.29, 0.717) is 29.1 Å². The molecule has 1 aliphatic rings. The molecule has 2 N–H and O–H groups in total. The van der Waals surface area contributed by atoms with Gasteiger partial charge in [-0.2, -0.15) is 5.10 Å². The third kappa shape index (κ3) is 3.57. The highest BCUT2D eigenvalue weighted by Gasteiger charge is 2.42. The van der Waals surface area contributed by atoms with E-state index < -0.39 is 6.04 Å². The van der Waals surface area contributed by atoms with Crippen LogP contribution < -0.4 is 0 Å². The SMILES string of the molecule is Cc1ccc(CN2C(=O)c3[nH]nc(-c4cc(C)cc(C)c4O)c3C2c2ccc(F)cc2)cc1. The second-order valence-corrected chi connectivity index (χ2v) is 8.71. The van der Waals surface area contributed by atoms with Gasteiger partial charge in [0.1, 0.15) is 23.0 Å². The Bertz CT molecular complexity index is 1360. The molecular weight excluding hydrogens is 417 g/mol. The van der Waals surface area contributed by atoms with Gasteiger partial charge in [-0.3, -0.25) is 9.89 Å². The van der Waals surface area contributed by atoms with E-state index in [1.165, 1.54) is 12.1 Å². The fourth-order valence-electron chi connectivity index (χ4n) is 4.59. The van der Waals surface area contributed by atoms with E-state index in [9.17, 15) is 14.3 Å². The standard InChI is InChI=1S/C27H24FN3O2/c1-15-4-6-18(7-5-15)14-31-25(19-8-10-20(28)11-9-19)22-23(29-30-24(22)27(31)33)21-13-16(2)12-17(3)26(21)32/h4-13,25,32H,14H2,1-3H3,(H,29,30). The van der Waals surface area contributed by atoms with E-state index in [1.807, 2.05) is 57.2 Å². The Morgan fingerprint density at radius 2 is 1.70 bits per heavy atom. The summed E-state index contributed by atoms with van der Waals surface area (Å²) in [5.74, 6) is -0.382. The number of fused-ring (bicyclic) bond motifs is 1. The van der Waals surface area contributed by atoms with Crippen LogP contribution in [0.25, 0.3) is 11.3 Å². The van der Waals surface area contributed by atoms with Gasteiger partial charge >= 0.3 is 0 Å². The molecule has 1 atom stereocenters. The molecule has 1 aromatic heterocycles. The minimum atomic E-state index is -0.469. The number of aromatic hydroxyl groups is 1. The monoisotopic (exact) mass is 441 g/mol. The molecule has 1 aliphatic heterocycles. The van der Waals surface area contributed by atoms with E-state index >= 15 is 0 Å². The van der Waals surface area contributed by atoms with Crippen LogP contribution in [-0.2, 0) is 6.54 Å². The third-order valence-electron chi connectivity index (χ3n) is 6.22. The van der Waals surface area contributed by atoms with E-state index in [1.54, 1.807) is 17.0 Å². The number of phenols is 1. The maximum Gasteiger partial charge on any atom is 0.273 e. The lowest BCUT2D eigenvalue weighted by atomic mass is 9.94. The summed E-state index contributed by atoms with van der Waals surface area (Å²) in [6, 6.07) is 17.5. The predicted octanol–water partition coefficient (Wildman–Crippen LogP) is 5.59. The molecule has 4 aromatic rings. The largest absolute Gasteiger partial charge is 0.507 e. The molecule has 0 radical (unpaired) electrons. The minimum absolute atomic E-state index is 0.136. The van der Waals surface area contributed by atoms with Gasteiger partial charge in [0.2, 0.25) is 0 Å². The summed E-state index contributed by atoms with van der Waals surface area (Å²) in [7, 11) is 0. The van der Waals surface area contributed by atoms with Crippen LogP contribution in [0.3, 0.4) is 0 Å². The van der Waals surface area contributed by atoms with E-state index in [4.69, 9.17) is 0 Å². The fraction of sp³-hybridized carbons (Fsp3) is 0.185. The number of nitrogens with one attached hydrogen (secondary N) is 1. The zero-order valence-electron chi connectivity index (χ0n) is 18.7. The van der Waals surface area contributed by atoms with Crippen molar-refractivity contribution in [2.75, 3.05) is 0 Å². The lowest BCUT2D eigenvalue weighted by Gasteiger charge is -2.26. The maximum atomic E-state index is 13.7. The van der Waals surface area contributed by atoms with Gasteiger partial charge in [-0.15, -0.1) is 0 Å². The van der Waals surface area contributed by atoms with Gasteiger partial charge in [-0.25, -0.2) is 4.39 Å². The second kappa shape index (κ2) is 7.89. The van der Waals surface area contributed by atoms with Crippen LogP contribution in [0.15, 0.2) is 60.7 Å². The van der Waals surface area contributed by atoms with Gasteiger partial charge in [0.25, 0.3) is 5.91 Å². The molecule has 0 spiro atoms. The van der Waals surface area contributed by atoms with Gasteiger partial charge < -0.3 is 10.0 Å². The maximum absolute atomic E-state index is 13.7. The molecule has 0 saturated carbocycles. The van der Waals surface area contributed by atoms with Crippen LogP contribution in [-0.4, -0.2) is 26.1 Å². The highest BCUT2D eigenvalue weighted by molar-refractivity contribution is 6.00. The Morgan fingerprint density at radius 1 is 1.00 bits per heavy atom. The molecule has 0 bridgehead atoms. The molecule has 1 unspecified atom stereocenters. The molecule has 0 saturated heterocycles. The van der Waals surface area contributed by atoms with E-state index in [0.717, 1.165) is 27.8 Å². The van der Waals surface area contributed by atoms with Crippen molar-refractivity contribution in [3.05, 3.63) is 106 Å². The van der Waals surface area contributed by atoms with Crippen LogP contribution in [0.4, 0.5) is 4.39 Å². The van der Waals surface area contributed by atoms with Gasteiger partial charge in [-0.05, 0) is 61.2 Å². The smallest absolute Gasteiger partial charge is 0.273 e. The van der Waals surface area contributed by atoms with Gasteiger partial charge in [0.15, 0.2) is 0 Å². The Morgan fingerprint density at radius 3 is 2.39 bits per heavy atom. The van der Waals surface area contributed by atoms with E-state index in [2.05, 4.69) is 10.2 Å². The number of halogens is 1. The first-order chi connectivity index (χ1) is 15.8. The lowest BCUT2D eigenvalue weighted by Crippen LogP contribution is -2.29. The van der Waals surface area contributed by atoms with Crippen molar-refractivity contribution in [2.24, 2.45) is 0 Å². The quantitative estimate of drug-likeness (QED) is 0.434. The van der Waals surface area contributed by atoms with Crippen LogP contribution in [0.1, 0.15) is 49.9 Å². The van der Waals surface area contributed by atoms with Crippen molar-refractivity contribution in [3.63, 3.8) is 0 Å². The lowest BCUT2D eigenvalue weighted by molar-refractivity contribution is 0.0730. The molecule has 5 nitrogen and oxygen atoms in total. The zero-order chi connectivity index (χ0) is 23.3. The summed E-state index contributed by atoms with van der Waals surface area (Å²) >= 11 is 0. The second-order valence-electron chi connectivity index (χ2n) is 8.71. The molecule has 2 heterocycles. The van der Waals surface area contributed by atoms with Crippen molar-refractivity contribution in [3.8, 4) is 17.0 Å². The van der Waals surface area contributed by atoms with Gasteiger partial charge in [0, 0.05) is 17.7 Å². The Balaban J connectivity index is 1.67. The number of aromatic amines is 1. The fourth-order valence-corrected chi connectivity index (χ4v) is 4.59. The Kier molecular flexibility index (Phi) is 5.01. The first-order valence-electron chi connectivity index (χ1n) is 10.8. The molecule has 1 amide bonds. The summed E-state index contributed by atoms with van der Waals surface area (Å²) in [6.07, 6.45) is 0. The summed E-state index contributed by atoms with van der Waals surface area (Å²) in [5, 5.41) is 18.2. The number of amides is 1. The highest BCUT2D eigenvalue weighted by atomic mass is 19.1. The third-order valence-corrected chi connectivity index (χ3v) is 6.22. The summed E-state index contributed by atoms with van der Waals surface area (Å²) in [5.41, 5.74) is 6.83. The number of hydrogen-bond acceptors (Lipinski definition) is 3. The summed E-state index contributed by atoms with van der Waals surface area (Å²) < 4.78 is 13.7. The normalized spacial score (nSPS) is 15.2. The van der Waals surface area contributed by atoms with Crippen molar-refractivity contribution in [1.82, 2.24) is 15.1 Å².